The molecule has 0 spiro atoms. The number of carbonyl (C=O) groups excluding carboxylic acids is 1. The molecule has 26 heavy (non-hydrogen) atoms. The van der Waals surface area contributed by atoms with Crippen LogP contribution in [-0.2, 0) is 4.74 Å². The summed E-state index contributed by atoms with van der Waals surface area (Å²) in [7, 11) is 0. The summed E-state index contributed by atoms with van der Waals surface area (Å²) >= 11 is 0. The molecule has 0 N–H and O–H groups in total. The summed E-state index contributed by atoms with van der Waals surface area (Å²) in [6, 6.07) is 5.25. The molecule has 1 aromatic heterocycles. The molecule has 8 heteroatoms. The zero-order chi connectivity index (χ0) is 19.0. The summed E-state index contributed by atoms with van der Waals surface area (Å²) in [4.78, 5) is 24.5. The van der Waals surface area contributed by atoms with Gasteiger partial charge in [0.15, 0.2) is 17.5 Å². The van der Waals surface area contributed by atoms with E-state index in [1.54, 1.807) is 0 Å². The molecule has 3 rings (SSSR count). The largest absolute Gasteiger partial charge is 0.462 e. The molecule has 0 unspecified atom stereocenters. The summed E-state index contributed by atoms with van der Waals surface area (Å²) in [6.45, 7) is 1.47. The van der Waals surface area contributed by atoms with E-state index < -0.39 is 51.1 Å². The highest BCUT2D eigenvalue weighted by molar-refractivity contribution is 5.94. The second-order valence-corrected chi connectivity index (χ2v) is 5.32. The molecule has 0 bridgehead atoms. The van der Waals surface area contributed by atoms with Crippen LogP contribution in [0.4, 0.5) is 17.6 Å². The van der Waals surface area contributed by atoms with Crippen molar-refractivity contribution in [2.45, 2.75) is 6.92 Å². The molecule has 134 valence electrons. The van der Waals surface area contributed by atoms with Gasteiger partial charge in [0, 0.05) is 11.9 Å². The van der Waals surface area contributed by atoms with Gasteiger partial charge in [0.2, 0.25) is 5.43 Å². The number of hydrogen-bond donors (Lipinski definition) is 0. The van der Waals surface area contributed by atoms with Gasteiger partial charge in [-0.15, -0.1) is 0 Å². The minimum Gasteiger partial charge on any atom is -0.462 e. The number of hydrogen-bond acceptors (Lipinski definition) is 3. The Hall–Kier alpha value is -3.16. The van der Waals surface area contributed by atoms with Crippen LogP contribution in [0.25, 0.3) is 16.6 Å². The van der Waals surface area contributed by atoms with Gasteiger partial charge in [-0.2, -0.15) is 0 Å². The lowest BCUT2D eigenvalue weighted by atomic mass is 10.1. The van der Waals surface area contributed by atoms with Crippen molar-refractivity contribution in [1.29, 1.82) is 0 Å². The molecule has 0 amide bonds. The van der Waals surface area contributed by atoms with Gasteiger partial charge in [-0.25, -0.2) is 22.4 Å². The van der Waals surface area contributed by atoms with Crippen LogP contribution in [0.5, 0.6) is 0 Å². The van der Waals surface area contributed by atoms with Crippen LogP contribution in [-0.4, -0.2) is 17.1 Å². The van der Waals surface area contributed by atoms with E-state index in [-0.39, 0.29) is 12.3 Å². The van der Waals surface area contributed by atoms with Crippen LogP contribution in [0.1, 0.15) is 17.3 Å². The number of ether oxygens (including phenoxy) is 1. The second kappa shape index (κ2) is 6.62. The lowest BCUT2D eigenvalue weighted by molar-refractivity contribution is 0.0524. The predicted octanol–water partition coefficient (Wildman–Crippen LogP) is 3.72. The molecule has 0 aliphatic rings. The van der Waals surface area contributed by atoms with Crippen LogP contribution in [0.3, 0.4) is 0 Å². The van der Waals surface area contributed by atoms with Crippen molar-refractivity contribution in [1.82, 2.24) is 4.57 Å². The van der Waals surface area contributed by atoms with Crippen LogP contribution < -0.4 is 5.43 Å². The van der Waals surface area contributed by atoms with E-state index in [9.17, 15) is 27.2 Å². The first-order chi connectivity index (χ1) is 12.3. The topological polar surface area (TPSA) is 48.3 Å². The van der Waals surface area contributed by atoms with Gasteiger partial charge in [-0.05, 0) is 31.2 Å². The van der Waals surface area contributed by atoms with E-state index in [1.165, 1.54) is 19.1 Å². The van der Waals surface area contributed by atoms with Crippen molar-refractivity contribution in [2.75, 3.05) is 6.61 Å². The average molecular weight is 365 g/mol. The number of pyridine rings is 1. The number of carbonyl (C=O) groups is 1. The highest BCUT2D eigenvalue weighted by Crippen LogP contribution is 2.25. The van der Waals surface area contributed by atoms with E-state index in [0.717, 1.165) is 22.9 Å². The zero-order valence-electron chi connectivity index (χ0n) is 13.4. The molecule has 2 aromatic carbocycles. The molecule has 0 atom stereocenters. The number of halogens is 4. The summed E-state index contributed by atoms with van der Waals surface area (Å²) in [5.74, 6) is -6.70. The minimum atomic E-state index is -1.79. The summed E-state index contributed by atoms with van der Waals surface area (Å²) in [6.07, 6.45) is 0.915. The van der Waals surface area contributed by atoms with E-state index in [1.807, 2.05) is 0 Å². The Kier molecular flexibility index (Phi) is 4.50. The third-order valence-electron chi connectivity index (χ3n) is 3.71. The Bertz CT molecular complexity index is 1090. The molecular weight excluding hydrogens is 354 g/mol. The van der Waals surface area contributed by atoms with Gasteiger partial charge in [0.1, 0.15) is 11.4 Å². The van der Waals surface area contributed by atoms with Crippen molar-refractivity contribution < 1.29 is 27.1 Å². The number of aromatic nitrogens is 1. The number of fused-ring (bicyclic) bond motifs is 1. The molecule has 4 nitrogen and oxygen atoms in total. The maximum atomic E-state index is 14.4. The SMILES string of the molecule is CCOC(=O)c1cn(-c2cccc(F)c2)c2c(F)c(F)c(F)cc2c1=O. The van der Waals surface area contributed by atoms with Crippen LogP contribution in [0, 0.1) is 23.3 Å². The van der Waals surface area contributed by atoms with Crippen LogP contribution in [0.2, 0.25) is 0 Å². The molecule has 0 saturated carbocycles. The summed E-state index contributed by atoms with van der Waals surface area (Å²) < 4.78 is 61.0. The molecule has 0 aliphatic carbocycles. The van der Waals surface area contributed by atoms with Crippen molar-refractivity contribution in [3.05, 3.63) is 75.6 Å². The van der Waals surface area contributed by atoms with E-state index >= 15 is 0 Å². The molecule has 0 radical (unpaired) electrons. The van der Waals surface area contributed by atoms with Gasteiger partial charge in [-0.3, -0.25) is 4.79 Å². The van der Waals surface area contributed by atoms with Crippen LogP contribution in [0.15, 0.2) is 41.3 Å². The summed E-state index contributed by atoms with van der Waals surface area (Å²) in [5.41, 5.74) is -2.16. The average Bonchev–Trinajstić information content (AvgIpc) is 2.60. The van der Waals surface area contributed by atoms with Gasteiger partial charge < -0.3 is 9.30 Å². The first-order valence-electron chi connectivity index (χ1n) is 7.51. The number of esters is 1. The number of benzene rings is 2. The molecule has 1 heterocycles. The number of rotatable bonds is 3. The van der Waals surface area contributed by atoms with Crippen molar-refractivity contribution >= 4 is 16.9 Å². The Labute approximate surface area is 144 Å². The lowest BCUT2D eigenvalue weighted by Crippen LogP contribution is -2.21. The monoisotopic (exact) mass is 365 g/mol. The maximum Gasteiger partial charge on any atom is 0.343 e. The molecule has 3 aromatic rings. The maximum absolute atomic E-state index is 14.4. The fourth-order valence-corrected chi connectivity index (χ4v) is 2.58. The lowest BCUT2D eigenvalue weighted by Gasteiger charge is -2.14. The number of nitrogens with zero attached hydrogens (tertiary/aromatic N) is 1. The zero-order valence-corrected chi connectivity index (χ0v) is 13.4. The first-order valence-corrected chi connectivity index (χ1v) is 7.51. The van der Waals surface area contributed by atoms with Crippen molar-refractivity contribution in [3.8, 4) is 5.69 Å². The quantitative estimate of drug-likeness (QED) is 0.404. The highest BCUT2D eigenvalue weighted by Gasteiger charge is 2.23. The minimum absolute atomic E-state index is 0.00505. The van der Waals surface area contributed by atoms with E-state index in [4.69, 9.17) is 4.74 Å². The van der Waals surface area contributed by atoms with Crippen molar-refractivity contribution in [3.63, 3.8) is 0 Å². The fraction of sp³-hybridized carbons (Fsp3) is 0.111. The standard InChI is InChI=1S/C18H11F4NO3/c1-2-26-18(25)12-8-23(10-5-3-4-9(19)6-10)16-11(17(12)24)7-13(20)14(21)15(16)22/h3-8H,2H2,1H3. The fourth-order valence-electron chi connectivity index (χ4n) is 2.58. The van der Waals surface area contributed by atoms with Gasteiger partial charge in [0.25, 0.3) is 0 Å². The van der Waals surface area contributed by atoms with E-state index in [2.05, 4.69) is 0 Å². The van der Waals surface area contributed by atoms with Gasteiger partial charge in [0.05, 0.1) is 17.5 Å². The van der Waals surface area contributed by atoms with Gasteiger partial charge >= 0.3 is 5.97 Å². The first kappa shape index (κ1) is 17.7. The Morgan fingerprint density at radius 3 is 2.50 bits per heavy atom. The van der Waals surface area contributed by atoms with Crippen molar-refractivity contribution in [2.24, 2.45) is 0 Å². The Morgan fingerprint density at radius 1 is 1.12 bits per heavy atom. The molecule has 0 fully saturated rings. The Morgan fingerprint density at radius 2 is 1.85 bits per heavy atom. The third-order valence-corrected chi connectivity index (χ3v) is 3.71. The van der Waals surface area contributed by atoms with Crippen LogP contribution >= 0.6 is 0 Å². The molecular formula is C18H11F4NO3. The molecule has 0 aliphatic heterocycles. The highest BCUT2D eigenvalue weighted by atomic mass is 19.2. The molecule has 0 saturated heterocycles. The second-order valence-electron chi connectivity index (χ2n) is 5.32. The predicted molar refractivity (Wildman–Crippen MR) is 85.3 cm³/mol. The van der Waals surface area contributed by atoms with E-state index in [0.29, 0.717) is 6.07 Å². The van der Waals surface area contributed by atoms with Gasteiger partial charge in [-0.1, -0.05) is 6.07 Å². The third kappa shape index (κ3) is 2.83. The summed E-state index contributed by atoms with van der Waals surface area (Å²) in [5, 5.41) is -0.573. The smallest absolute Gasteiger partial charge is 0.343 e. The normalized spacial score (nSPS) is 11.0. The Balaban J connectivity index is 2.48.